The van der Waals surface area contributed by atoms with Gasteiger partial charge < -0.3 is 10.0 Å². The molecule has 3 heteroatoms. The number of hydrogen-bond donors (Lipinski definition) is 1. The van der Waals surface area contributed by atoms with Crippen LogP contribution in [-0.4, -0.2) is 41.4 Å². The first-order chi connectivity index (χ1) is 7.64. The number of fused-ring (bicyclic) bond motifs is 2. The van der Waals surface area contributed by atoms with Gasteiger partial charge in [0, 0.05) is 12.1 Å². The maximum Gasteiger partial charge on any atom is 0.0894 e. The first-order valence-corrected chi connectivity index (χ1v) is 6.65. The van der Waals surface area contributed by atoms with Gasteiger partial charge in [-0.15, -0.1) is 0 Å². The summed E-state index contributed by atoms with van der Waals surface area (Å²) in [5.41, 5.74) is -0.503. The minimum atomic E-state index is -0.503. The highest BCUT2D eigenvalue weighted by Crippen LogP contribution is 2.40. The van der Waals surface area contributed by atoms with Gasteiger partial charge in [-0.1, -0.05) is 6.42 Å². The quantitative estimate of drug-likeness (QED) is 0.749. The van der Waals surface area contributed by atoms with E-state index in [1.165, 1.54) is 19.3 Å². The van der Waals surface area contributed by atoms with Gasteiger partial charge in [-0.05, 0) is 52.0 Å². The third kappa shape index (κ3) is 2.57. The lowest BCUT2D eigenvalue weighted by atomic mass is 9.74. The molecule has 0 amide bonds. The fraction of sp³-hybridized carbons (Fsp3) is 1.00. The van der Waals surface area contributed by atoms with Gasteiger partial charge in [-0.2, -0.15) is 0 Å². The highest BCUT2D eigenvalue weighted by atomic mass is 19.1. The Labute approximate surface area is 97.8 Å². The summed E-state index contributed by atoms with van der Waals surface area (Å²) in [6.45, 7) is -0.247. The molecule has 16 heavy (non-hydrogen) atoms. The number of piperidine rings is 2. The van der Waals surface area contributed by atoms with Crippen molar-refractivity contribution in [1.29, 1.82) is 0 Å². The predicted octanol–water partition coefficient (Wildman–Crippen LogP) is 2.50. The second-order valence-corrected chi connectivity index (χ2v) is 5.68. The van der Waals surface area contributed by atoms with Gasteiger partial charge in [-0.25, -0.2) is 0 Å². The van der Waals surface area contributed by atoms with Gasteiger partial charge in [0.25, 0.3) is 0 Å². The molecule has 2 fully saturated rings. The van der Waals surface area contributed by atoms with Crippen molar-refractivity contribution < 1.29 is 9.50 Å². The van der Waals surface area contributed by atoms with E-state index in [0.717, 1.165) is 25.7 Å². The van der Waals surface area contributed by atoms with Crippen LogP contribution >= 0.6 is 0 Å². The SMILES string of the molecule is CN1C2CCCC1CC(O)(CCCCF)C2. The topological polar surface area (TPSA) is 23.5 Å². The first-order valence-electron chi connectivity index (χ1n) is 6.65. The Balaban J connectivity index is 1.92. The summed E-state index contributed by atoms with van der Waals surface area (Å²) in [7, 11) is 2.19. The molecule has 2 aliphatic heterocycles. The highest BCUT2D eigenvalue weighted by Gasteiger charge is 2.43. The van der Waals surface area contributed by atoms with Gasteiger partial charge >= 0.3 is 0 Å². The van der Waals surface area contributed by atoms with E-state index in [2.05, 4.69) is 11.9 Å². The molecule has 0 aromatic rings. The molecular formula is C13H24FNO. The maximum atomic E-state index is 12.1. The van der Waals surface area contributed by atoms with E-state index < -0.39 is 5.60 Å². The molecule has 0 saturated carbocycles. The number of aliphatic hydroxyl groups is 1. The zero-order chi connectivity index (χ0) is 11.6. The van der Waals surface area contributed by atoms with E-state index in [4.69, 9.17) is 0 Å². The normalized spacial score (nSPS) is 39.9. The molecule has 2 saturated heterocycles. The number of rotatable bonds is 4. The van der Waals surface area contributed by atoms with Crippen molar-refractivity contribution in [3.8, 4) is 0 Å². The second kappa shape index (κ2) is 5.01. The van der Waals surface area contributed by atoms with Gasteiger partial charge in [0.1, 0.15) is 0 Å². The Hall–Kier alpha value is -0.150. The lowest BCUT2D eigenvalue weighted by Gasteiger charge is -2.50. The van der Waals surface area contributed by atoms with Crippen LogP contribution in [0, 0.1) is 0 Å². The van der Waals surface area contributed by atoms with Crippen molar-refractivity contribution in [2.45, 2.75) is 69.1 Å². The molecule has 2 bridgehead atoms. The summed E-state index contributed by atoms with van der Waals surface area (Å²) in [6, 6.07) is 1.12. The van der Waals surface area contributed by atoms with E-state index in [1.54, 1.807) is 0 Å². The second-order valence-electron chi connectivity index (χ2n) is 5.68. The van der Waals surface area contributed by atoms with Crippen molar-refractivity contribution in [3.63, 3.8) is 0 Å². The largest absolute Gasteiger partial charge is 0.390 e. The molecule has 2 heterocycles. The molecule has 0 aliphatic carbocycles. The predicted molar refractivity (Wildman–Crippen MR) is 63.2 cm³/mol. The molecule has 1 N–H and O–H groups in total. The summed E-state index contributed by atoms with van der Waals surface area (Å²) in [5, 5.41) is 10.6. The number of halogens is 1. The molecule has 2 aliphatic rings. The smallest absolute Gasteiger partial charge is 0.0894 e. The molecule has 2 unspecified atom stereocenters. The third-order valence-corrected chi connectivity index (χ3v) is 4.48. The Morgan fingerprint density at radius 1 is 1.25 bits per heavy atom. The van der Waals surface area contributed by atoms with Crippen LogP contribution in [-0.2, 0) is 0 Å². The van der Waals surface area contributed by atoms with Gasteiger partial charge in [0.15, 0.2) is 0 Å². The summed E-state index contributed by atoms with van der Waals surface area (Å²) in [4.78, 5) is 2.45. The summed E-state index contributed by atoms with van der Waals surface area (Å²) in [5.74, 6) is 0. The lowest BCUT2D eigenvalue weighted by molar-refractivity contribution is -0.0879. The maximum absolute atomic E-state index is 12.1. The Bertz CT molecular complexity index is 220. The minimum absolute atomic E-state index is 0.247. The molecule has 2 atom stereocenters. The Kier molecular flexibility index (Phi) is 3.85. The van der Waals surface area contributed by atoms with Crippen LogP contribution in [0.4, 0.5) is 4.39 Å². The number of alkyl halides is 1. The zero-order valence-corrected chi connectivity index (χ0v) is 10.3. The summed E-state index contributed by atoms with van der Waals surface area (Å²) >= 11 is 0. The number of nitrogens with zero attached hydrogens (tertiary/aromatic N) is 1. The van der Waals surface area contributed by atoms with Crippen LogP contribution in [0.3, 0.4) is 0 Å². The van der Waals surface area contributed by atoms with Crippen molar-refractivity contribution in [2.75, 3.05) is 13.7 Å². The number of unbranched alkanes of at least 4 members (excludes halogenated alkanes) is 1. The first kappa shape index (κ1) is 12.3. The molecule has 0 spiro atoms. The van der Waals surface area contributed by atoms with Crippen LogP contribution in [0.5, 0.6) is 0 Å². The minimum Gasteiger partial charge on any atom is -0.390 e. The van der Waals surface area contributed by atoms with Gasteiger partial charge in [0.05, 0.1) is 12.3 Å². The van der Waals surface area contributed by atoms with Crippen LogP contribution < -0.4 is 0 Å². The lowest BCUT2D eigenvalue weighted by Crippen LogP contribution is -2.56. The highest BCUT2D eigenvalue weighted by molar-refractivity contribution is 4.98. The van der Waals surface area contributed by atoms with Crippen LogP contribution in [0.15, 0.2) is 0 Å². The summed E-state index contributed by atoms with van der Waals surface area (Å²) < 4.78 is 12.1. The standard InChI is InChI=1S/C13H24FNO/c1-15-11-5-4-6-12(15)10-13(16,9-11)7-2-3-8-14/h11-12,16H,2-10H2,1H3. The fourth-order valence-electron chi connectivity index (χ4n) is 3.50. The monoisotopic (exact) mass is 229 g/mol. The van der Waals surface area contributed by atoms with E-state index in [-0.39, 0.29) is 6.67 Å². The molecule has 0 aromatic carbocycles. The van der Waals surface area contributed by atoms with E-state index in [1.807, 2.05) is 0 Å². The number of hydrogen-bond acceptors (Lipinski definition) is 2. The van der Waals surface area contributed by atoms with Gasteiger partial charge in [-0.3, -0.25) is 4.39 Å². The van der Waals surface area contributed by atoms with Crippen molar-refractivity contribution >= 4 is 0 Å². The third-order valence-electron chi connectivity index (χ3n) is 4.48. The summed E-state index contributed by atoms with van der Waals surface area (Å²) in [6.07, 6.45) is 7.76. The van der Waals surface area contributed by atoms with E-state index >= 15 is 0 Å². The molecule has 94 valence electrons. The van der Waals surface area contributed by atoms with Crippen molar-refractivity contribution in [3.05, 3.63) is 0 Å². The molecular weight excluding hydrogens is 205 g/mol. The van der Waals surface area contributed by atoms with E-state index in [0.29, 0.717) is 18.5 Å². The average Bonchev–Trinajstić information content (AvgIpc) is 2.21. The Morgan fingerprint density at radius 2 is 1.88 bits per heavy atom. The van der Waals surface area contributed by atoms with Crippen LogP contribution in [0.2, 0.25) is 0 Å². The van der Waals surface area contributed by atoms with Crippen molar-refractivity contribution in [1.82, 2.24) is 4.90 Å². The van der Waals surface area contributed by atoms with Crippen LogP contribution in [0.1, 0.15) is 51.4 Å². The average molecular weight is 229 g/mol. The molecule has 0 aromatic heterocycles. The van der Waals surface area contributed by atoms with Crippen molar-refractivity contribution in [2.24, 2.45) is 0 Å². The Morgan fingerprint density at radius 3 is 2.44 bits per heavy atom. The van der Waals surface area contributed by atoms with Gasteiger partial charge in [0.2, 0.25) is 0 Å². The van der Waals surface area contributed by atoms with Crippen LogP contribution in [0.25, 0.3) is 0 Å². The molecule has 2 nitrogen and oxygen atoms in total. The molecule has 2 rings (SSSR count). The van der Waals surface area contributed by atoms with E-state index in [9.17, 15) is 9.50 Å². The zero-order valence-electron chi connectivity index (χ0n) is 10.3. The molecule has 0 radical (unpaired) electrons. The fourth-order valence-corrected chi connectivity index (χ4v) is 3.50.